The third-order valence-electron chi connectivity index (χ3n) is 8.95. The van der Waals surface area contributed by atoms with E-state index in [0.717, 1.165) is 33.6 Å². The molecule has 1 aliphatic carbocycles. The van der Waals surface area contributed by atoms with Crippen molar-refractivity contribution in [1.82, 2.24) is 23.2 Å². The fraction of sp³-hybridized carbons (Fsp3) is 0.0909. The van der Waals surface area contributed by atoms with Gasteiger partial charge in [-0.2, -0.15) is 0 Å². The molecule has 0 amide bonds. The highest BCUT2D eigenvalue weighted by Crippen LogP contribution is 2.51. The van der Waals surface area contributed by atoms with Crippen LogP contribution in [-0.4, -0.2) is 23.2 Å². The Morgan fingerprint density at radius 3 is 2.29 bits per heavy atom. The summed E-state index contributed by atoms with van der Waals surface area (Å²) in [5.74, 6) is 1.83. The minimum Gasteiger partial charge on any atom is -0.276 e. The Labute approximate surface area is 216 Å². The molecule has 10 rings (SSSR count). The third kappa shape index (κ3) is 1.92. The van der Waals surface area contributed by atoms with Gasteiger partial charge >= 0.3 is 0 Å². The summed E-state index contributed by atoms with van der Waals surface area (Å²) in [7, 11) is 0. The van der Waals surface area contributed by atoms with Gasteiger partial charge in [0.1, 0.15) is 5.52 Å². The first-order chi connectivity index (χ1) is 18.6. The lowest BCUT2D eigenvalue weighted by Gasteiger charge is -2.22. The van der Waals surface area contributed by atoms with Crippen LogP contribution in [0.5, 0.6) is 0 Å². The highest BCUT2D eigenvalue weighted by atomic mass is 15.3. The molecule has 0 N–H and O–H groups in total. The van der Waals surface area contributed by atoms with Crippen LogP contribution in [-0.2, 0) is 5.41 Å². The molecular formula is C33H21N5. The Morgan fingerprint density at radius 1 is 0.579 bits per heavy atom. The molecule has 178 valence electrons. The summed E-state index contributed by atoms with van der Waals surface area (Å²) < 4.78 is 6.94. The molecule has 0 radical (unpaired) electrons. The van der Waals surface area contributed by atoms with Crippen LogP contribution in [0.25, 0.3) is 72.1 Å². The minimum atomic E-state index is -0.121. The Kier molecular flexibility index (Phi) is 3.02. The van der Waals surface area contributed by atoms with E-state index in [9.17, 15) is 0 Å². The molecular weight excluding hydrogens is 466 g/mol. The van der Waals surface area contributed by atoms with Gasteiger partial charge in [-0.1, -0.05) is 80.6 Å². The average molecular weight is 488 g/mol. The zero-order valence-electron chi connectivity index (χ0n) is 20.9. The first-order valence-electron chi connectivity index (χ1n) is 13.1. The number of imidazole rings is 4. The van der Waals surface area contributed by atoms with Gasteiger partial charge in [0, 0.05) is 10.8 Å². The second-order valence-corrected chi connectivity index (χ2v) is 11.2. The number of benzene rings is 5. The fourth-order valence-corrected chi connectivity index (χ4v) is 7.37. The van der Waals surface area contributed by atoms with Gasteiger partial charge in [0.05, 0.1) is 33.1 Å². The van der Waals surface area contributed by atoms with Crippen LogP contribution in [0.3, 0.4) is 0 Å². The highest BCUT2D eigenvalue weighted by molar-refractivity contribution is 6.10. The molecule has 0 spiro atoms. The molecule has 38 heavy (non-hydrogen) atoms. The largest absolute Gasteiger partial charge is 0.276 e. The molecule has 4 aromatic heterocycles. The van der Waals surface area contributed by atoms with E-state index in [-0.39, 0.29) is 5.41 Å². The molecule has 1 aliphatic rings. The molecule has 5 aromatic carbocycles. The summed E-state index contributed by atoms with van der Waals surface area (Å²) >= 11 is 0. The molecule has 0 atom stereocenters. The maximum absolute atomic E-state index is 5.27. The van der Waals surface area contributed by atoms with E-state index in [0.29, 0.717) is 0 Å². The summed E-state index contributed by atoms with van der Waals surface area (Å²) in [4.78, 5) is 10.5. The van der Waals surface area contributed by atoms with Crippen LogP contribution in [0.4, 0.5) is 0 Å². The van der Waals surface area contributed by atoms with Gasteiger partial charge in [0.25, 0.3) is 0 Å². The molecule has 0 aliphatic heterocycles. The van der Waals surface area contributed by atoms with Crippen molar-refractivity contribution in [3.8, 4) is 11.1 Å². The highest BCUT2D eigenvalue weighted by Gasteiger charge is 2.38. The van der Waals surface area contributed by atoms with E-state index >= 15 is 0 Å². The molecule has 0 bridgehead atoms. The fourth-order valence-electron chi connectivity index (χ4n) is 7.37. The lowest BCUT2D eigenvalue weighted by molar-refractivity contribution is 0.664. The van der Waals surface area contributed by atoms with Crippen molar-refractivity contribution in [1.29, 1.82) is 0 Å². The summed E-state index contributed by atoms with van der Waals surface area (Å²) in [6, 6.07) is 32.8. The van der Waals surface area contributed by atoms with Crippen LogP contribution in [0, 0.1) is 0 Å². The van der Waals surface area contributed by atoms with Gasteiger partial charge in [-0.05, 0) is 51.9 Å². The van der Waals surface area contributed by atoms with Gasteiger partial charge in [-0.3, -0.25) is 8.80 Å². The minimum absolute atomic E-state index is 0.121. The van der Waals surface area contributed by atoms with Crippen molar-refractivity contribution in [3.05, 3.63) is 102 Å². The number of nitrogens with zero attached hydrogens (tertiary/aromatic N) is 5. The molecule has 9 aromatic rings. The molecule has 5 nitrogen and oxygen atoms in total. The first-order valence-corrected chi connectivity index (χ1v) is 13.1. The second kappa shape index (κ2) is 5.97. The quantitative estimate of drug-likeness (QED) is 0.221. The average Bonchev–Trinajstić information content (AvgIpc) is 3.70. The van der Waals surface area contributed by atoms with Crippen LogP contribution >= 0.6 is 0 Å². The van der Waals surface area contributed by atoms with Crippen LogP contribution in [0.15, 0.2) is 91.0 Å². The normalized spacial score (nSPS) is 14.8. The first kappa shape index (κ1) is 19.2. The molecule has 4 heterocycles. The van der Waals surface area contributed by atoms with Gasteiger partial charge < -0.3 is 0 Å². The maximum Gasteiger partial charge on any atom is 0.223 e. The molecule has 5 heteroatoms. The maximum atomic E-state index is 5.27. The Balaban J connectivity index is 1.44. The standard InChI is InChI=1S/C33H21N5/c1-33(2)22-11-6-5-10-20(22)21-15-16-23-29(27(21)33)37-26-13-7-12-25-30(26)38(31(37)34-23)32-35-28-19-9-4-3-8-18(19)14-17-24(28)36(25)32/h3-17H,1-2H3. The van der Waals surface area contributed by atoms with E-state index in [1.807, 2.05) is 0 Å². The number of fused-ring (bicyclic) bond motifs is 16. The SMILES string of the molecule is CC1(C)c2ccccc2-c2ccc3nc4n(c5cccc6c5n4c4nc5c7ccccc7ccc5n64)c3c21. The van der Waals surface area contributed by atoms with Crippen LogP contribution in [0.2, 0.25) is 0 Å². The molecule has 0 saturated carbocycles. The van der Waals surface area contributed by atoms with Crippen LogP contribution < -0.4 is 0 Å². The summed E-state index contributed by atoms with van der Waals surface area (Å²) in [6.07, 6.45) is 0. The number of hydrogen-bond donors (Lipinski definition) is 0. The third-order valence-corrected chi connectivity index (χ3v) is 8.95. The van der Waals surface area contributed by atoms with Crippen molar-refractivity contribution >= 4 is 60.9 Å². The monoisotopic (exact) mass is 487 g/mol. The summed E-state index contributed by atoms with van der Waals surface area (Å²) in [5.41, 5.74) is 13.1. The van der Waals surface area contributed by atoms with Crippen LogP contribution in [0.1, 0.15) is 25.0 Å². The molecule has 0 saturated heterocycles. The predicted molar refractivity (Wildman–Crippen MR) is 154 cm³/mol. The molecule has 0 unspecified atom stereocenters. The van der Waals surface area contributed by atoms with Crippen molar-refractivity contribution in [2.24, 2.45) is 0 Å². The topological polar surface area (TPSA) is 39.0 Å². The van der Waals surface area contributed by atoms with Crippen molar-refractivity contribution in [3.63, 3.8) is 0 Å². The number of hydrogen-bond acceptors (Lipinski definition) is 2. The lowest BCUT2D eigenvalue weighted by Crippen LogP contribution is -2.16. The number of rotatable bonds is 0. The number of para-hydroxylation sites is 1. The molecule has 0 fully saturated rings. The zero-order chi connectivity index (χ0) is 24.9. The summed E-state index contributed by atoms with van der Waals surface area (Å²) in [5, 5.41) is 2.38. The number of aromatic nitrogens is 5. The van der Waals surface area contributed by atoms with Crippen molar-refractivity contribution < 1.29 is 0 Å². The summed E-state index contributed by atoms with van der Waals surface area (Å²) in [6.45, 7) is 4.69. The van der Waals surface area contributed by atoms with E-state index in [1.54, 1.807) is 0 Å². The van der Waals surface area contributed by atoms with Gasteiger partial charge in [-0.15, -0.1) is 0 Å². The Morgan fingerprint density at radius 2 is 1.37 bits per heavy atom. The van der Waals surface area contributed by atoms with E-state index in [4.69, 9.17) is 9.97 Å². The zero-order valence-corrected chi connectivity index (χ0v) is 20.9. The van der Waals surface area contributed by atoms with Gasteiger partial charge in [0.15, 0.2) is 0 Å². The Hall–Kier alpha value is -4.90. The van der Waals surface area contributed by atoms with E-state index < -0.39 is 0 Å². The Bertz CT molecular complexity index is 2480. The predicted octanol–water partition coefficient (Wildman–Crippen LogP) is 7.59. The van der Waals surface area contributed by atoms with Crippen molar-refractivity contribution in [2.75, 3.05) is 0 Å². The van der Waals surface area contributed by atoms with E-state index in [2.05, 4.69) is 118 Å². The van der Waals surface area contributed by atoms with Crippen molar-refractivity contribution in [2.45, 2.75) is 19.3 Å². The van der Waals surface area contributed by atoms with Gasteiger partial charge in [0.2, 0.25) is 11.6 Å². The lowest BCUT2D eigenvalue weighted by atomic mass is 9.82. The smallest absolute Gasteiger partial charge is 0.223 e. The second-order valence-electron chi connectivity index (χ2n) is 11.2. The van der Waals surface area contributed by atoms with E-state index in [1.165, 1.54) is 49.6 Å². The van der Waals surface area contributed by atoms with Gasteiger partial charge in [-0.25, -0.2) is 14.4 Å².